The van der Waals surface area contributed by atoms with E-state index in [0.29, 0.717) is 23.7 Å². The molecule has 30 heavy (non-hydrogen) atoms. The molecule has 4 aliphatic carbocycles. The van der Waals surface area contributed by atoms with Crippen LogP contribution in [-0.2, 0) is 19.4 Å². The van der Waals surface area contributed by atoms with Crippen LogP contribution in [0.25, 0.3) is 10.8 Å². The Morgan fingerprint density at radius 2 is 1.70 bits per heavy atom. The lowest BCUT2D eigenvalue weighted by Crippen LogP contribution is -2.43. The molecule has 0 aromatic heterocycles. The summed E-state index contributed by atoms with van der Waals surface area (Å²) in [5.74, 6) is 0.414. The Balaban J connectivity index is 1.38. The molecule has 5 heteroatoms. The first-order chi connectivity index (χ1) is 14.5. The van der Waals surface area contributed by atoms with Crippen LogP contribution in [0.15, 0.2) is 59.5 Å². The Hall–Kier alpha value is -2.14. The third kappa shape index (κ3) is 3.58. The number of esters is 1. The van der Waals surface area contributed by atoms with Crippen LogP contribution in [0, 0.1) is 17.8 Å². The SMILES string of the molecule is O=C(O[C@H]1CCCC[C@@H]1S(=O)(=O)c1ccc2ccccc2c1)[C@H]1C[C@@H]2C=C[C@H]1CC2. The van der Waals surface area contributed by atoms with Gasteiger partial charge in [-0.25, -0.2) is 8.42 Å². The highest BCUT2D eigenvalue weighted by Gasteiger charge is 2.42. The van der Waals surface area contributed by atoms with Gasteiger partial charge in [0.05, 0.1) is 10.8 Å². The minimum absolute atomic E-state index is 0.111. The van der Waals surface area contributed by atoms with Crippen molar-refractivity contribution >= 4 is 26.6 Å². The average Bonchev–Trinajstić information content (AvgIpc) is 2.79. The van der Waals surface area contributed by atoms with E-state index < -0.39 is 21.2 Å². The number of sulfone groups is 1. The largest absolute Gasteiger partial charge is 0.461 e. The first-order valence-electron chi connectivity index (χ1n) is 11.1. The number of allylic oxidation sites excluding steroid dienone is 2. The predicted molar refractivity (Wildman–Crippen MR) is 117 cm³/mol. The second-order valence-corrected chi connectivity index (χ2v) is 11.2. The Morgan fingerprint density at radius 3 is 2.43 bits per heavy atom. The fraction of sp³-hybridized carbons (Fsp3) is 0.480. The topological polar surface area (TPSA) is 60.4 Å². The van der Waals surface area contributed by atoms with Crippen molar-refractivity contribution in [2.24, 2.45) is 17.8 Å². The molecular formula is C25H28O4S. The van der Waals surface area contributed by atoms with Crippen LogP contribution in [0.1, 0.15) is 44.9 Å². The van der Waals surface area contributed by atoms with Crippen LogP contribution in [0.3, 0.4) is 0 Å². The highest BCUT2D eigenvalue weighted by Crippen LogP contribution is 2.42. The molecule has 0 amide bonds. The first kappa shape index (κ1) is 19.8. The molecule has 6 rings (SSSR count). The molecule has 2 bridgehead atoms. The molecule has 2 fully saturated rings. The van der Waals surface area contributed by atoms with Gasteiger partial charge in [0.2, 0.25) is 0 Å². The summed E-state index contributed by atoms with van der Waals surface area (Å²) >= 11 is 0. The van der Waals surface area contributed by atoms with Gasteiger partial charge in [-0.15, -0.1) is 0 Å². The highest BCUT2D eigenvalue weighted by atomic mass is 32.2. The molecule has 0 aliphatic heterocycles. The molecule has 2 saturated carbocycles. The summed E-state index contributed by atoms with van der Waals surface area (Å²) in [4.78, 5) is 13.3. The van der Waals surface area contributed by atoms with Crippen LogP contribution >= 0.6 is 0 Å². The molecule has 4 nitrogen and oxygen atoms in total. The maximum atomic E-state index is 13.5. The van der Waals surface area contributed by atoms with E-state index in [1.807, 2.05) is 30.3 Å². The van der Waals surface area contributed by atoms with Crippen molar-refractivity contribution in [3.63, 3.8) is 0 Å². The lowest BCUT2D eigenvalue weighted by Gasteiger charge is -2.38. The number of ether oxygens (including phenoxy) is 1. The summed E-state index contributed by atoms with van der Waals surface area (Å²) < 4.78 is 33.0. The fourth-order valence-corrected chi connectivity index (χ4v) is 7.48. The quantitative estimate of drug-likeness (QED) is 0.508. The zero-order valence-electron chi connectivity index (χ0n) is 17.1. The minimum atomic E-state index is -3.58. The number of hydrogen-bond acceptors (Lipinski definition) is 4. The van der Waals surface area contributed by atoms with Gasteiger partial charge in [-0.05, 0) is 73.3 Å². The maximum absolute atomic E-state index is 13.5. The number of rotatable bonds is 4. The van der Waals surface area contributed by atoms with Gasteiger partial charge < -0.3 is 4.74 Å². The van der Waals surface area contributed by atoms with E-state index in [4.69, 9.17) is 4.74 Å². The smallest absolute Gasteiger partial charge is 0.309 e. The van der Waals surface area contributed by atoms with E-state index in [-0.39, 0.29) is 17.8 Å². The normalized spacial score (nSPS) is 31.0. The van der Waals surface area contributed by atoms with Gasteiger partial charge in [-0.2, -0.15) is 0 Å². The van der Waals surface area contributed by atoms with E-state index in [0.717, 1.165) is 42.9 Å². The first-order valence-corrected chi connectivity index (χ1v) is 12.7. The highest BCUT2D eigenvalue weighted by molar-refractivity contribution is 7.92. The maximum Gasteiger partial charge on any atom is 0.309 e. The Morgan fingerprint density at radius 1 is 0.900 bits per heavy atom. The zero-order chi connectivity index (χ0) is 20.7. The Kier molecular flexibility index (Phi) is 5.18. The molecule has 158 valence electrons. The summed E-state index contributed by atoms with van der Waals surface area (Å²) in [5.41, 5.74) is 0. The van der Waals surface area contributed by atoms with Crippen molar-refractivity contribution < 1.29 is 17.9 Å². The summed E-state index contributed by atoms with van der Waals surface area (Å²) in [6.07, 6.45) is 9.78. The molecule has 0 radical (unpaired) electrons. The lowest BCUT2D eigenvalue weighted by molar-refractivity contribution is -0.158. The van der Waals surface area contributed by atoms with E-state index >= 15 is 0 Å². The van der Waals surface area contributed by atoms with Crippen molar-refractivity contribution in [2.45, 2.75) is 61.2 Å². The number of carbonyl (C=O) groups excluding carboxylic acids is 1. The van der Waals surface area contributed by atoms with Crippen LogP contribution in [0.5, 0.6) is 0 Å². The monoisotopic (exact) mass is 424 g/mol. The standard InChI is InChI=1S/C25H28O4S/c26-25(22-15-17-9-11-19(22)12-10-17)29-23-7-3-4-8-24(23)30(27,28)21-14-13-18-5-1-2-6-20(18)16-21/h1-2,5-6,9,11,13-14,16-17,19,22-24H,3-4,7-8,10,12,15H2/t17-,19+,22+,23+,24+/m1/s1. The second kappa shape index (κ2) is 7.84. The fourth-order valence-electron chi connectivity index (χ4n) is 5.51. The van der Waals surface area contributed by atoms with Gasteiger partial charge in [0.15, 0.2) is 9.84 Å². The van der Waals surface area contributed by atoms with Gasteiger partial charge in [0.25, 0.3) is 0 Å². The molecule has 0 heterocycles. The van der Waals surface area contributed by atoms with Crippen molar-refractivity contribution in [2.75, 3.05) is 0 Å². The summed E-state index contributed by atoms with van der Waals surface area (Å²) in [6.45, 7) is 0. The molecule has 0 unspecified atom stereocenters. The van der Waals surface area contributed by atoms with E-state index in [1.165, 1.54) is 0 Å². The lowest BCUT2D eigenvalue weighted by atomic mass is 9.69. The third-order valence-corrected chi connectivity index (χ3v) is 9.48. The third-order valence-electron chi connectivity index (χ3n) is 7.24. The second-order valence-electron chi connectivity index (χ2n) is 9.08. The molecule has 0 saturated heterocycles. The van der Waals surface area contributed by atoms with Crippen molar-refractivity contribution in [1.82, 2.24) is 0 Å². The van der Waals surface area contributed by atoms with Gasteiger partial charge in [-0.1, -0.05) is 48.9 Å². The number of hydrogen-bond donors (Lipinski definition) is 0. The molecule has 0 N–H and O–H groups in total. The molecule has 4 aliphatic rings. The molecule has 2 aromatic carbocycles. The average molecular weight is 425 g/mol. The van der Waals surface area contributed by atoms with E-state index in [9.17, 15) is 13.2 Å². The Bertz CT molecular complexity index is 1090. The van der Waals surface area contributed by atoms with Gasteiger partial charge in [0, 0.05) is 0 Å². The van der Waals surface area contributed by atoms with Gasteiger partial charge in [0.1, 0.15) is 11.4 Å². The number of carbonyl (C=O) groups is 1. The predicted octanol–water partition coefficient (Wildman–Crippen LogP) is 5.07. The molecule has 0 spiro atoms. The van der Waals surface area contributed by atoms with Crippen LogP contribution in [-0.4, -0.2) is 25.7 Å². The summed E-state index contributed by atoms with van der Waals surface area (Å²) in [6, 6.07) is 13.1. The van der Waals surface area contributed by atoms with Crippen molar-refractivity contribution in [1.29, 1.82) is 0 Å². The number of fused-ring (bicyclic) bond motifs is 3. The van der Waals surface area contributed by atoms with Gasteiger partial charge in [-0.3, -0.25) is 4.79 Å². The van der Waals surface area contributed by atoms with Crippen LogP contribution in [0.2, 0.25) is 0 Å². The van der Waals surface area contributed by atoms with Gasteiger partial charge >= 0.3 is 5.97 Å². The van der Waals surface area contributed by atoms with E-state index in [2.05, 4.69) is 12.2 Å². The van der Waals surface area contributed by atoms with E-state index in [1.54, 1.807) is 12.1 Å². The van der Waals surface area contributed by atoms with Crippen LogP contribution in [0.4, 0.5) is 0 Å². The van der Waals surface area contributed by atoms with Crippen molar-refractivity contribution in [3.05, 3.63) is 54.6 Å². The minimum Gasteiger partial charge on any atom is -0.461 e. The van der Waals surface area contributed by atoms with Crippen molar-refractivity contribution in [3.8, 4) is 0 Å². The summed E-state index contributed by atoms with van der Waals surface area (Å²) in [5, 5.41) is 1.27. The molecule has 5 atom stereocenters. The zero-order valence-corrected chi connectivity index (χ0v) is 17.9. The molecule has 2 aromatic rings. The Labute approximate surface area is 178 Å². The summed E-state index contributed by atoms with van der Waals surface area (Å²) in [7, 11) is -3.58. The number of benzene rings is 2. The van der Waals surface area contributed by atoms with Crippen LogP contribution < -0.4 is 0 Å². The molecular weight excluding hydrogens is 396 g/mol.